The molecule has 1 amide bonds. The minimum atomic E-state index is -3.94. The van der Waals surface area contributed by atoms with Crippen molar-refractivity contribution in [3.05, 3.63) is 115 Å². The van der Waals surface area contributed by atoms with Crippen LogP contribution in [-0.4, -0.2) is 37.7 Å². The molecule has 1 atom stereocenters. The number of aromatic nitrogens is 3. The van der Waals surface area contributed by atoms with Crippen LogP contribution >= 0.6 is 35.4 Å². The number of benzene rings is 3. The second kappa shape index (κ2) is 10.9. The molecule has 0 saturated heterocycles. The fourth-order valence-electron chi connectivity index (χ4n) is 5.02. The number of H-pyrrole nitrogens is 2. The van der Waals surface area contributed by atoms with Crippen molar-refractivity contribution < 1.29 is 18.1 Å². The number of aromatic amines is 2. The molecule has 8 nitrogen and oxygen atoms in total. The molecule has 2 aromatic heterocycles. The van der Waals surface area contributed by atoms with Crippen molar-refractivity contribution in [3.63, 3.8) is 0 Å². The van der Waals surface area contributed by atoms with Gasteiger partial charge in [0.25, 0.3) is 5.56 Å². The van der Waals surface area contributed by atoms with Crippen molar-refractivity contribution in [2.45, 2.75) is 24.8 Å². The second-order valence-corrected chi connectivity index (χ2v) is 10.9. The first-order valence-electron chi connectivity index (χ1n) is 12.6. The van der Waals surface area contributed by atoms with Gasteiger partial charge >= 0.3 is 16.7 Å². The highest BCUT2D eigenvalue weighted by atomic mass is 35.5. The third kappa shape index (κ3) is 5.26. The van der Waals surface area contributed by atoms with Crippen LogP contribution < -0.4 is 5.56 Å². The van der Waals surface area contributed by atoms with Gasteiger partial charge in [0.1, 0.15) is 5.82 Å². The van der Waals surface area contributed by atoms with Gasteiger partial charge in [-0.15, -0.1) is 0 Å². The maximum Gasteiger partial charge on any atom is 0.333 e. The fraction of sp³-hybridized carbons (Fsp3) is 0.138. The molecule has 0 unspecified atom stereocenters. The summed E-state index contributed by atoms with van der Waals surface area (Å²) in [6.07, 6.45) is -1.11. The molecule has 13 heteroatoms. The molecule has 42 heavy (non-hydrogen) atoms. The summed E-state index contributed by atoms with van der Waals surface area (Å²) in [5.41, 5.74) is 2.13. The molecule has 0 bridgehead atoms. The van der Waals surface area contributed by atoms with Gasteiger partial charge in [0.05, 0.1) is 23.7 Å². The monoisotopic (exact) mass is 625 g/mol. The van der Waals surface area contributed by atoms with Gasteiger partial charge in [-0.05, 0) is 53.7 Å². The topological polar surface area (TPSA) is 107 Å². The van der Waals surface area contributed by atoms with Gasteiger partial charge in [0, 0.05) is 32.9 Å². The highest BCUT2D eigenvalue weighted by Gasteiger charge is 2.48. The molecule has 1 aliphatic rings. The predicted molar refractivity (Wildman–Crippen MR) is 158 cm³/mol. The molecular weight excluding hydrogens is 607 g/mol. The lowest BCUT2D eigenvalue weighted by atomic mass is 9.91. The van der Waals surface area contributed by atoms with E-state index in [1.54, 1.807) is 60.7 Å². The van der Waals surface area contributed by atoms with Gasteiger partial charge in [-0.3, -0.25) is 9.59 Å². The number of hydrogen-bond acceptors (Lipinski definition) is 6. The first-order chi connectivity index (χ1) is 20.1. The van der Waals surface area contributed by atoms with E-state index in [9.17, 15) is 9.59 Å². The van der Waals surface area contributed by atoms with E-state index in [0.29, 0.717) is 37.6 Å². The van der Waals surface area contributed by atoms with Crippen LogP contribution in [0.4, 0.5) is 8.78 Å². The molecule has 3 aromatic carbocycles. The summed E-state index contributed by atoms with van der Waals surface area (Å²) in [7, 11) is 0. The zero-order valence-corrected chi connectivity index (χ0v) is 23.7. The quantitative estimate of drug-likeness (QED) is 0.196. The van der Waals surface area contributed by atoms with E-state index in [0.717, 1.165) is 5.01 Å². The lowest BCUT2D eigenvalue weighted by Gasteiger charge is -2.25. The minimum Gasteiger partial charge on any atom is -0.348 e. The lowest BCUT2D eigenvalue weighted by molar-refractivity contribution is -0.159. The molecule has 6 rings (SSSR count). The van der Waals surface area contributed by atoms with Crippen molar-refractivity contribution >= 4 is 57.9 Å². The zero-order valence-electron chi connectivity index (χ0n) is 21.4. The second-order valence-electron chi connectivity index (χ2n) is 9.63. The number of carbonyl (C=O) groups is 1. The standard InChI is InChI=1S/C29H19Cl2F2N5O3S/c30-17-9-5-15(6-10-17)22-13-21(36-38(22)27(40)29(32,33)14-23-35-28(42)41-37-23)25-24(16-7-11-18(31)12-8-16)19-3-1-2-4-20(19)34-26(25)39/h1-12,22H,13-14H2,(H,34,39)(H,35,37,42)/t22-/m0/s1. The Hall–Kier alpha value is -4.19. The van der Waals surface area contributed by atoms with Crippen molar-refractivity contribution in [2.75, 3.05) is 0 Å². The molecular formula is C29H19Cl2F2N5O3S. The van der Waals surface area contributed by atoms with Gasteiger partial charge in [-0.2, -0.15) is 18.9 Å². The Labute approximate surface area is 251 Å². The van der Waals surface area contributed by atoms with Crippen LogP contribution in [0.1, 0.15) is 29.4 Å². The Balaban J connectivity index is 1.51. The van der Waals surface area contributed by atoms with Gasteiger partial charge in [0.2, 0.25) is 0 Å². The summed E-state index contributed by atoms with van der Waals surface area (Å²) in [4.78, 5) is 33.3. The van der Waals surface area contributed by atoms with Crippen LogP contribution in [-0.2, 0) is 11.2 Å². The summed E-state index contributed by atoms with van der Waals surface area (Å²) in [5.74, 6) is -5.81. The van der Waals surface area contributed by atoms with Crippen LogP contribution in [0.25, 0.3) is 22.0 Å². The van der Waals surface area contributed by atoms with Crippen molar-refractivity contribution in [1.82, 2.24) is 20.1 Å². The van der Waals surface area contributed by atoms with Gasteiger partial charge < -0.3 is 9.51 Å². The maximum atomic E-state index is 15.4. The highest BCUT2D eigenvalue weighted by molar-refractivity contribution is 7.71. The van der Waals surface area contributed by atoms with Gasteiger partial charge in [-0.1, -0.05) is 65.7 Å². The van der Waals surface area contributed by atoms with Crippen LogP contribution in [0, 0.1) is 4.84 Å². The normalized spacial score (nSPS) is 15.3. The van der Waals surface area contributed by atoms with Crippen LogP contribution in [0.3, 0.4) is 0 Å². The summed E-state index contributed by atoms with van der Waals surface area (Å²) >= 11 is 16.9. The van der Waals surface area contributed by atoms with E-state index in [2.05, 4.69) is 20.2 Å². The van der Waals surface area contributed by atoms with Crippen LogP contribution in [0.2, 0.25) is 10.0 Å². The summed E-state index contributed by atoms with van der Waals surface area (Å²) in [6.45, 7) is 0. The Morgan fingerprint density at radius 1 is 1.02 bits per heavy atom. The summed E-state index contributed by atoms with van der Waals surface area (Å²) < 4.78 is 35.6. The summed E-state index contributed by atoms with van der Waals surface area (Å²) in [5, 5.41) is 8.95. The molecule has 3 heterocycles. The highest BCUT2D eigenvalue weighted by Crippen LogP contribution is 2.39. The number of hydrazone groups is 1. The number of nitrogens with zero attached hydrogens (tertiary/aromatic N) is 3. The molecule has 0 fully saturated rings. The van der Waals surface area contributed by atoms with Crippen molar-refractivity contribution in [3.8, 4) is 11.1 Å². The first kappa shape index (κ1) is 28.0. The number of carbonyl (C=O) groups excluding carboxylic acids is 1. The van der Waals surface area contributed by atoms with Crippen molar-refractivity contribution in [1.29, 1.82) is 0 Å². The molecule has 0 saturated carbocycles. The minimum absolute atomic E-state index is 0.0160. The van der Waals surface area contributed by atoms with Gasteiger partial charge in [0.15, 0.2) is 0 Å². The molecule has 2 N–H and O–H groups in total. The molecule has 1 aliphatic heterocycles. The summed E-state index contributed by atoms with van der Waals surface area (Å²) in [6, 6.07) is 19.6. The molecule has 0 spiro atoms. The van der Waals surface area contributed by atoms with E-state index in [1.807, 2.05) is 12.1 Å². The smallest absolute Gasteiger partial charge is 0.333 e. The number of pyridine rings is 1. The number of amides is 1. The molecule has 0 aliphatic carbocycles. The van der Waals surface area contributed by atoms with Crippen LogP contribution in [0.5, 0.6) is 0 Å². The average molecular weight is 626 g/mol. The average Bonchev–Trinajstić information content (AvgIpc) is 3.58. The number of halogens is 4. The Kier molecular flexibility index (Phi) is 7.25. The number of fused-ring (bicyclic) bond motifs is 1. The zero-order chi connectivity index (χ0) is 29.6. The third-order valence-corrected chi connectivity index (χ3v) is 7.58. The number of nitrogens with one attached hydrogen (secondary N) is 2. The Morgan fingerprint density at radius 3 is 2.36 bits per heavy atom. The number of rotatable bonds is 6. The lowest BCUT2D eigenvalue weighted by Crippen LogP contribution is -2.42. The van der Waals surface area contributed by atoms with E-state index in [1.165, 1.54) is 0 Å². The van der Waals surface area contributed by atoms with Crippen molar-refractivity contribution in [2.24, 2.45) is 5.10 Å². The number of alkyl halides is 2. The number of hydrogen-bond donors (Lipinski definition) is 2. The third-order valence-electron chi connectivity index (χ3n) is 6.90. The molecule has 5 aromatic rings. The predicted octanol–water partition coefficient (Wildman–Crippen LogP) is 7.10. The van der Waals surface area contributed by atoms with E-state index >= 15 is 8.78 Å². The van der Waals surface area contributed by atoms with Crippen LogP contribution in [0.15, 0.2) is 87.2 Å². The van der Waals surface area contributed by atoms with E-state index in [4.69, 9.17) is 39.9 Å². The van der Waals surface area contributed by atoms with E-state index in [-0.39, 0.29) is 28.4 Å². The SMILES string of the molecule is O=C(N1N=C(c2c(-c3ccc(Cl)cc3)c3ccccc3[nH]c2=O)C[C@H]1c1ccc(Cl)cc1)C(F)(F)Cc1nc(=S)o[nH]1. The van der Waals surface area contributed by atoms with Gasteiger partial charge in [-0.25, -0.2) is 10.2 Å². The maximum absolute atomic E-state index is 15.4. The fourth-order valence-corrected chi connectivity index (χ4v) is 5.42. The molecule has 0 radical (unpaired) electrons. The Morgan fingerprint density at radius 2 is 1.69 bits per heavy atom. The first-order valence-corrected chi connectivity index (χ1v) is 13.8. The Bertz CT molecular complexity index is 1970. The van der Waals surface area contributed by atoms with E-state index < -0.39 is 29.9 Å². The molecule has 212 valence electrons. The largest absolute Gasteiger partial charge is 0.348 e. The number of para-hydroxylation sites is 1.